The first-order chi connectivity index (χ1) is 14.1. The van der Waals surface area contributed by atoms with Gasteiger partial charge >= 0.3 is 5.97 Å². The Labute approximate surface area is 181 Å². The van der Waals surface area contributed by atoms with E-state index in [0.29, 0.717) is 33.2 Å². The van der Waals surface area contributed by atoms with Crippen molar-refractivity contribution in [3.63, 3.8) is 0 Å². The van der Waals surface area contributed by atoms with Crippen LogP contribution in [0.4, 0.5) is 5.13 Å². The molecule has 3 heterocycles. The Morgan fingerprint density at radius 2 is 1.83 bits per heavy atom. The molecule has 10 heteroatoms. The molecule has 1 N–H and O–H groups in total. The number of nitrogens with one attached hydrogen (secondary N) is 1. The molecule has 0 aliphatic heterocycles. The first kappa shape index (κ1) is 22.1. The third-order valence-corrected chi connectivity index (χ3v) is 6.71. The number of esters is 1. The van der Waals surface area contributed by atoms with Crippen LogP contribution in [0.2, 0.25) is 0 Å². The summed E-state index contributed by atoms with van der Waals surface area (Å²) >= 11 is 2.53. The molecule has 0 fully saturated rings. The minimum absolute atomic E-state index is 0.187. The lowest BCUT2D eigenvalue weighted by Gasteiger charge is -2.09. The predicted octanol–water partition coefficient (Wildman–Crippen LogP) is 3.60. The maximum Gasteiger partial charge on any atom is 0.350 e. The van der Waals surface area contributed by atoms with E-state index in [1.165, 1.54) is 15.9 Å². The highest BCUT2D eigenvalue weighted by molar-refractivity contribution is 7.18. The first-order valence-corrected chi connectivity index (χ1v) is 11.1. The van der Waals surface area contributed by atoms with Crippen LogP contribution >= 0.6 is 22.7 Å². The van der Waals surface area contributed by atoms with Crippen LogP contribution in [-0.4, -0.2) is 33.0 Å². The summed E-state index contributed by atoms with van der Waals surface area (Å²) in [6.07, 6.45) is 0. The Morgan fingerprint density at radius 1 is 1.13 bits per heavy atom. The summed E-state index contributed by atoms with van der Waals surface area (Å²) < 4.78 is 6.59. The van der Waals surface area contributed by atoms with Gasteiger partial charge in [0.2, 0.25) is 5.91 Å². The van der Waals surface area contributed by atoms with E-state index >= 15 is 0 Å². The SMILES string of the molecule is Cc1nc(NC(=O)Cn2c(C)nc3sc(C)c(C)c3c2=O)sc1C(=O)OCC(C)C. The molecule has 30 heavy (non-hydrogen) atoms. The number of nitrogens with zero attached hydrogens (tertiary/aromatic N) is 3. The van der Waals surface area contributed by atoms with Crippen LogP contribution in [0.15, 0.2) is 4.79 Å². The van der Waals surface area contributed by atoms with Crippen molar-refractivity contribution in [1.29, 1.82) is 0 Å². The van der Waals surface area contributed by atoms with Gasteiger partial charge in [0.15, 0.2) is 5.13 Å². The van der Waals surface area contributed by atoms with Gasteiger partial charge in [0.05, 0.1) is 17.7 Å². The fraction of sp³-hybridized carbons (Fsp3) is 0.450. The number of hydrogen-bond acceptors (Lipinski definition) is 8. The van der Waals surface area contributed by atoms with Crippen LogP contribution in [0, 0.1) is 33.6 Å². The zero-order valence-electron chi connectivity index (χ0n) is 17.8. The van der Waals surface area contributed by atoms with Gasteiger partial charge in [-0.2, -0.15) is 0 Å². The number of anilines is 1. The monoisotopic (exact) mass is 448 g/mol. The molecule has 0 aliphatic rings. The van der Waals surface area contributed by atoms with E-state index in [2.05, 4.69) is 15.3 Å². The van der Waals surface area contributed by atoms with Gasteiger partial charge in [-0.15, -0.1) is 11.3 Å². The molecule has 0 bridgehead atoms. The van der Waals surface area contributed by atoms with Crippen molar-refractivity contribution in [3.8, 4) is 0 Å². The molecule has 0 saturated heterocycles. The van der Waals surface area contributed by atoms with Crippen molar-refractivity contribution in [2.24, 2.45) is 5.92 Å². The van der Waals surface area contributed by atoms with E-state index in [1.54, 1.807) is 13.8 Å². The average Bonchev–Trinajstić information content (AvgIpc) is 3.15. The van der Waals surface area contributed by atoms with E-state index < -0.39 is 11.9 Å². The fourth-order valence-electron chi connectivity index (χ4n) is 2.86. The van der Waals surface area contributed by atoms with E-state index in [1.807, 2.05) is 27.7 Å². The van der Waals surface area contributed by atoms with Gasteiger partial charge in [0.25, 0.3) is 5.56 Å². The van der Waals surface area contributed by atoms with Crippen molar-refractivity contribution in [3.05, 3.63) is 37.2 Å². The minimum atomic E-state index is -0.454. The summed E-state index contributed by atoms with van der Waals surface area (Å²) in [4.78, 5) is 48.5. The molecule has 3 rings (SSSR count). The van der Waals surface area contributed by atoms with Gasteiger partial charge in [-0.1, -0.05) is 25.2 Å². The fourth-order valence-corrected chi connectivity index (χ4v) is 4.81. The summed E-state index contributed by atoms with van der Waals surface area (Å²) in [5.74, 6) is -0.173. The quantitative estimate of drug-likeness (QED) is 0.578. The van der Waals surface area contributed by atoms with Crippen molar-refractivity contribution in [2.75, 3.05) is 11.9 Å². The summed E-state index contributed by atoms with van der Waals surface area (Å²) in [5.41, 5.74) is 1.15. The summed E-state index contributed by atoms with van der Waals surface area (Å²) in [5, 5.41) is 3.51. The van der Waals surface area contributed by atoms with Crippen molar-refractivity contribution < 1.29 is 14.3 Å². The Bertz CT molecular complexity index is 1190. The molecule has 8 nitrogen and oxygen atoms in total. The van der Waals surface area contributed by atoms with E-state index in [9.17, 15) is 14.4 Å². The van der Waals surface area contributed by atoms with E-state index in [0.717, 1.165) is 21.8 Å². The molecule has 160 valence electrons. The van der Waals surface area contributed by atoms with Crippen molar-refractivity contribution in [1.82, 2.24) is 14.5 Å². The lowest BCUT2D eigenvalue weighted by molar-refractivity contribution is -0.116. The first-order valence-electron chi connectivity index (χ1n) is 9.50. The van der Waals surface area contributed by atoms with Gasteiger partial charge in [0, 0.05) is 4.88 Å². The van der Waals surface area contributed by atoms with Crippen molar-refractivity contribution in [2.45, 2.75) is 48.1 Å². The van der Waals surface area contributed by atoms with E-state index in [-0.39, 0.29) is 23.2 Å². The molecule has 0 aliphatic carbocycles. The highest BCUT2D eigenvalue weighted by atomic mass is 32.1. The molecule has 0 atom stereocenters. The van der Waals surface area contributed by atoms with Gasteiger partial charge in [-0.05, 0) is 39.2 Å². The number of thiazole rings is 1. The molecule has 3 aromatic heterocycles. The molecule has 0 spiro atoms. The number of carbonyl (C=O) groups is 2. The largest absolute Gasteiger partial charge is 0.461 e. The van der Waals surface area contributed by atoms with E-state index in [4.69, 9.17) is 4.74 Å². The maximum atomic E-state index is 12.9. The molecule has 0 saturated carbocycles. The number of aryl methyl sites for hydroxylation is 4. The maximum absolute atomic E-state index is 12.9. The molecular formula is C20H24N4O4S2. The topological polar surface area (TPSA) is 103 Å². The Balaban J connectivity index is 1.78. The number of ether oxygens (including phenoxy) is 1. The second kappa shape index (κ2) is 8.65. The number of carbonyl (C=O) groups excluding carboxylic acids is 2. The summed E-state index contributed by atoms with van der Waals surface area (Å²) in [6.45, 7) is 11.3. The highest BCUT2D eigenvalue weighted by Gasteiger charge is 2.20. The van der Waals surface area contributed by atoms with Crippen LogP contribution in [0.5, 0.6) is 0 Å². The van der Waals surface area contributed by atoms with Crippen LogP contribution < -0.4 is 10.9 Å². The lowest BCUT2D eigenvalue weighted by atomic mass is 10.2. The minimum Gasteiger partial charge on any atom is -0.461 e. The zero-order valence-corrected chi connectivity index (χ0v) is 19.4. The molecule has 1 amide bonds. The zero-order chi connectivity index (χ0) is 22.2. The number of fused-ring (bicyclic) bond motifs is 1. The Hall–Kier alpha value is -2.59. The number of rotatable bonds is 6. The summed E-state index contributed by atoms with van der Waals surface area (Å²) in [7, 11) is 0. The predicted molar refractivity (Wildman–Crippen MR) is 119 cm³/mol. The third-order valence-electron chi connectivity index (χ3n) is 4.56. The molecule has 0 aromatic carbocycles. The van der Waals surface area contributed by atoms with Crippen LogP contribution in [0.3, 0.4) is 0 Å². The second-order valence-corrected chi connectivity index (χ2v) is 9.69. The number of aromatic nitrogens is 3. The molecule has 0 unspecified atom stereocenters. The standard InChI is InChI=1S/C20H24N4O4S2/c1-9(2)8-28-19(27)16-11(4)21-20(30-16)23-14(25)7-24-13(6)22-17-15(18(24)26)10(3)12(5)29-17/h9H,7-8H2,1-6H3,(H,21,23,25). The third kappa shape index (κ3) is 4.44. The normalized spacial score (nSPS) is 11.3. The Kier molecular flexibility index (Phi) is 6.37. The molecular weight excluding hydrogens is 424 g/mol. The van der Waals surface area contributed by atoms with Gasteiger partial charge in [-0.3, -0.25) is 14.2 Å². The summed E-state index contributed by atoms with van der Waals surface area (Å²) in [6, 6.07) is 0. The van der Waals surface area contributed by atoms with Crippen LogP contribution in [0.1, 0.15) is 45.5 Å². The van der Waals surface area contributed by atoms with Gasteiger partial charge < -0.3 is 10.1 Å². The smallest absolute Gasteiger partial charge is 0.350 e. The van der Waals surface area contributed by atoms with Crippen LogP contribution in [-0.2, 0) is 16.1 Å². The lowest BCUT2D eigenvalue weighted by Crippen LogP contribution is -2.30. The van der Waals surface area contributed by atoms with Gasteiger partial charge in [0.1, 0.15) is 22.1 Å². The number of thiophene rings is 1. The Morgan fingerprint density at radius 3 is 2.50 bits per heavy atom. The molecule has 3 aromatic rings. The van der Waals surface area contributed by atoms with Gasteiger partial charge in [-0.25, -0.2) is 14.8 Å². The average molecular weight is 449 g/mol. The van der Waals surface area contributed by atoms with Crippen LogP contribution in [0.25, 0.3) is 10.2 Å². The number of amides is 1. The number of hydrogen-bond donors (Lipinski definition) is 1. The molecule has 0 radical (unpaired) electrons. The van der Waals surface area contributed by atoms with Crippen molar-refractivity contribution >= 4 is 49.9 Å². The highest BCUT2D eigenvalue weighted by Crippen LogP contribution is 2.26. The second-order valence-electron chi connectivity index (χ2n) is 7.49.